The van der Waals surface area contributed by atoms with Crippen molar-refractivity contribution in [1.82, 2.24) is 10.0 Å². The average molecular weight is 416 g/mol. The predicted octanol–water partition coefficient (Wildman–Crippen LogP) is 3.47. The highest BCUT2D eigenvalue weighted by atomic mass is 32.2. The normalized spacial score (nSPS) is 15.8. The van der Waals surface area contributed by atoms with Crippen molar-refractivity contribution in [3.05, 3.63) is 59.7 Å². The molecule has 0 saturated carbocycles. The highest BCUT2D eigenvalue weighted by Crippen LogP contribution is 2.22. The molecule has 0 fully saturated rings. The lowest BCUT2D eigenvalue weighted by Gasteiger charge is -2.09. The lowest BCUT2D eigenvalue weighted by molar-refractivity contribution is 0.313. The summed E-state index contributed by atoms with van der Waals surface area (Å²) in [6, 6.07) is 15.0. The largest absolute Gasteiger partial charge is 0.494 e. The summed E-state index contributed by atoms with van der Waals surface area (Å²) in [5, 5.41) is 3.46. The van der Waals surface area contributed by atoms with Gasteiger partial charge in [0.05, 0.1) is 11.5 Å². The van der Waals surface area contributed by atoms with Crippen molar-refractivity contribution in [3.63, 3.8) is 0 Å². The van der Waals surface area contributed by atoms with Gasteiger partial charge < -0.3 is 10.1 Å². The van der Waals surface area contributed by atoms with Crippen molar-refractivity contribution in [2.24, 2.45) is 4.99 Å². The number of amidine groups is 1. The van der Waals surface area contributed by atoms with Crippen LogP contribution in [-0.2, 0) is 16.6 Å². The first-order chi connectivity index (χ1) is 14.1. The van der Waals surface area contributed by atoms with Gasteiger partial charge in [-0.1, -0.05) is 44.0 Å². The van der Waals surface area contributed by atoms with E-state index >= 15 is 0 Å². The maximum absolute atomic E-state index is 12.1. The van der Waals surface area contributed by atoms with Crippen LogP contribution in [-0.4, -0.2) is 33.9 Å². The Balaban J connectivity index is 1.43. The molecule has 2 N–H and O–H groups in total. The zero-order valence-corrected chi connectivity index (χ0v) is 17.7. The Kier molecular flexibility index (Phi) is 7.66. The second kappa shape index (κ2) is 10.4. The Morgan fingerprint density at radius 1 is 1.07 bits per heavy atom. The first kappa shape index (κ1) is 21.3. The number of hydrogen-bond donors (Lipinski definition) is 2. The standard InChI is InChI=1S/C22H29N3O3S/c1-2-3-6-13-23-17-18-9-7-10-19(16-18)28-15-8-14-24-22-20-11-4-5-12-21(20)29(26,27)25-22/h4-5,7,9-12,16,23H,2-3,6,8,13-15,17H2,1H3,(H,24,25). The molecule has 0 spiro atoms. The number of rotatable bonds is 11. The molecule has 7 heteroatoms. The molecule has 0 amide bonds. The molecule has 1 aliphatic heterocycles. The number of nitrogens with zero attached hydrogens (tertiary/aromatic N) is 1. The van der Waals surface area contributed by atoms with Crippen LogP contribution in [0, 0.1) is 0 Å². The summed E-state index contributed by atoms with van der Waals surface area (Å²) in [5.74, 6) is 1.26. The number of hydrogen-bond acceptors (Lipinski definition) is 5. The van der Waals surface area contributed by atoms with Crippen molar-refractivity contribution < 1.29 is 13.2 Å². The minimum atomic E-state index is -3.48. The Labute approximate surface area is 173 Å². The molecule has 0 atom stereocenters. The summed E-state index contributed by atoms with van der Waals surface area (Å²) in [7, 11) is -3.48. The molecule has 156 valence electrons. The smallest absolute Gasteiger partial charge is 0.263 e. The zero-order valence-electron chi connectivity index (χ0n) is 16.9. The predicted molar refractivity (Wildman–Crippen MR) is 116 cm³/mol. The van der Waals surface area contributed by atoms with E-state index in [-0.39, 0.29) is 4.90 Å². The van der Waals surface area contributed by atoms with Crippen LogP contribution in [0.15, 0.2) is 58.4 Å². The second-order valence-corrected chi connectivity index (χ2v) is 8.72. The lowest BCUT2D eigenvalue weighted by Crippen LogP contribution is -2.22. The van der Waals surface area contributed by atoms with Crippen LogP contribution >= 0.6 is 0 Å². The molecule has 6 nitrogen and oxygen atoms in total. The van der Waals surface area contributed by atoms with Gasteiger partial charge in [-0.25, -0.2) is 8.42 Å². The zero-order chi connectivity index (χ0) is 20.5. The fraction of sp³-hybridized carbons (Fsp3) is 0.409. The van der Waals surface area contributed by atoms with Gasteiger partial charge in [0.1, 0.15) is 11.6 Å². The number of sulfonamides is 1. The summed E-state index contributed by atoms with van der Waals surface area (Å²) in [6.07, 6.45) is 4.39. The number of nitrogens with one attached hydrogen (secondary N) is 2. The minimum Gasteiger partial charge on any atom is -0.494 e. The van der Waals surface area contributed by atoms with Crippen molar-refractivity contribution in [3.8, 4) is 5.75 Å². The van der Waals surface area contributed by atoms with E-state index in [4.69, 9.17) is 4.74 Å². The molecule has 2 aromatic carbocycles. The summed E-state index contributed by atoms with van der Waals surface area (Å²) in [6.45, 7) is 5.10. The minimum absolute atomic E-state index is 0.287. The number of unbranched alkanes of at least 4 members (excludes halogenated alkanes) is 2. The van der Waals surface area contributed by atoms with E-state index in [1.807, 2.05) is 18.2 Å². The van der Waals surface area contributed by atoms with Gasteiger partial charge in [0.25, 0.3) is 10.0 Å². The molecule has 0 saturated heterocycles. The summed E-state index contributed by atoms with van der Waals surface area (Å²) in [5.41, 5.74) is 1.84. The van der Waals surface area contributed by atoms with Gasteiger partial charge in [-0.05, 0) is 42.8 Å². The molecule has 0 radical (unpaired) electrons. The van der Waals surface area contributed by atoms with Crippen molar-refractivity contribution in [1.29, 1.82) is 0 Å². The maximum atomic E-state index is 12.1. The third-order valence-electron chi connectivity index (χ3n) is 4.69. The summed E-state index contributed by atoms with van der Waals surface area (Å²) >= 11 is 0. The van der Waals surface area contributed by atoms with Gasteiger partial charge in [-0.3, -0.25) is 9.71 Å². The van der Waals surface area contributed by atoms with E-state index in [0.29, 0.717) is 31.0 Å². The number of fused-ring (bicyclic) bond motifs is 1. The van der Waals surface area contributed by atoms with Crippen LogP contribution in [0.2, 0.25) is 0 Å². The van der Waals surface area contributed by atoms with Crippen LogP contribution in [0.1, 0.15) is 43.7 Å². The Morgan fingerprint density at radius 3 is 2.79 bits per heavy atom. The SMILES string of the molecule is CCCCCNCc1cccc(OCCCN=C2NS(=O)(=O)c3ccccc32)c1. The van der Waals surface area contributed by atoms with Gasteiger partial charge in [0.2, 0.25) is 0 Å². The third-order valence-corrected chi connectivity index (χ3v) is 6.09. The Bertz CT molecular complexity index is 942. The van der Waals surface area contributed by atoms with Crippen molar-refractivity contribution >= 4 is 15.9 Å². The fourth-order valence-corrected chi connectivity index (χ4v) is 4.43. The van der Waals surface area contributed by atoms with E-state index in [9.17, 15) is 8.42 Å². The van der Waals surface area contributed by atoms with E-state index in [1.54, 1.807) is 18.2 Å². The summed E-state index contributed by atoms with van der Waals surface area (Å²) in [4.78, 5) is 4.70. The van der Waals surface area contributed by atoms with E-state index in [2.05, 4.69) is 34.1 Å². The molecule has 29 heavy (non-hydrogen) atoms. The quantitative estimate of drug-likeness (QED) is 0.551. The van der Waals surface area contributed by atoms with E-state index in [0.717, 1.165) is 18.8 Å². The van der Waals surface area contributed by atoms with Gasteiger partial charge in [0, 0.05) is 25.1 Å². The molecular weight excluding hydrogens is 386 g/mol. The molecular formula is C22H29N3O3S. The van der Waals surface area contributed by atoms with Gasteiger partial charge in [0.15, 0.2) is 0 Å². The molecule has 1 aliphatic rings. The fourth-order valence-electron chi connectivity index (χ4n) is 3.17. The highest BCUT2D eigenvalue weighted by molar-refractivity contribution is 7.90. The number of ether oxygens (including phenoxy) is 1. The average Bonchev–Trinajstić information content (AvgIpc) is 2.98. The molecule has 3 rings (SSSR count). The molecule has 0 unspecified atom stereocenters. The molecule has 0 bridgehead atoms. The number of benzene rings is 2. The van der Waals surface area contributed by atoms with Crippen molar-refractivity contribution in [2.75, 3.05) is 19.7 Å². The van der Waals surface area contributed by atoms with Crippen LogP contribution in [0.25, 0.3) is 0 Å². The molecule has 1 heterocycles. The lowest BCUT2D eigenvalue weighted by atomic mass is 10.2. The monoisotopic (exact) mass is 415 g/mol. The highest BCUT2D eigenvalue weighted by Gasteiger charge is 2.29. The third kappa shape index (κ3) is 6.05. The number of aliphatic imine (C=N–C) groups is 1. The first-order valence-electron chi connectivity index (χ1n) is 10.2. The first-order valence-corrected chi connectivity index (χ1v) is 11.7. The van der Waals surface area contributed by atoms with Gasteiger partial charge in [-0.15, -0.1) is 0 Å². The van der Waals surface area contributed by atoms with E-state index < -0.39 is 10.0 Å². The van der Waals surface area contributed by atoms with Crippen LogP contribution in [0.3, 0.4) is 0 Å². The Hall–Kier alpha value is -2.38. The van der Waals surface area contributed by atoms with E-state index in [1.165, 1.54) is 24.8 Å². The van der Waals surface area contributed by atoms with Crippen LogP contribution in [0.5, 0.6) is 5.75 Å². The maximum Gasteiger partial charge on any atom is 0.263 e. The van der Waals surface area contributed by atoms with Crippen molar-refractivity contribution in [2.45, 2.75) is 44.0 Å². The Morgan fingerprint density at radius 2 is 1.93 bits per heavy atom. The molecule has 0 aliphatic carbocycles. The topological polar surface area (TPSA) is 79.8 Å². The van der Waals surface area contributed by atoms with Gasteiger partial charge >= 0.3 is 0 Å². The van der Waals surface area contributed by atoms with Crippen LogP contribution < -0.4 is 14.8 Å². The molecule has 0 aromatic heterocycles. The van der Waals surface area contributed by atoms with Gasteiger partial charge in [-0.2, -0.15) is 0 Å². The second-order valence-electron chi connectivity index (χ2n) is 7.07. The van der Waals surface area contributed by atoms with Crippen LogP contribution in [0.4, 0.5) is 0 Å². The summed E-state index contributed by atoms with van der Waals surface area (Å²) < 4.78 is 32.5. The molecule has 2 aromatic rings.